The summed E-state index contributed by atoms with van der Waals surface area (Å²) in [6, 6.07) is -0.820. The molecule has 0 aromatic rings. The monoisotopic (exact) mass is 191 g/mol. The van der Waals surface area contributed by atoms with Gasteiger partial charge < -0.3 is 32.1 Å². The Morgan fingerprint density at radius 3 is 1.54 bits per heavy atom. The van der Waals surface area contributed by atoms with Crippen LogP contribution in [0.4, 0.5) is 0 Å². The van der Waals surface area contributed by atoms with Crippen molar-refractivity contribution in [2.45, 2.75) is 30.4 Å². The first-order valence-corrected chi connectivity index (χ1v) is 4.32. The van der Waals surface area contributed by atoms with E-state index in [9.17, 15) is 15.3 Å². The van der Waals surface area contributed by atoms with Crippen LogP contribution in [0.15, 0.2) is 0 Å². The van der Waals surface area contributed by atoms with Gasteiger partial charge in [0, 0.05) is 25.2 Å². The van der Waals surface area contributed by atoms with Gasteiger partial charge in [0.15, 0.2) is 0 Å². The fourth-order valence-corrected chi connectivity index (χ4v) is 1.57. The molecule has 78 valence electrons. The lowest BCUT2D eigenvalue weighted by Crippen LogP contribution is -2.68. The van der Waals surface area contributed by atoms with Crippen LogP contribution < -0.4 is 16.8 Å². The Kier molecular flexibility index (Phi) is 3.60. The van der Waals surface area contributed by atoms with Crippen molar-refractivity contribution in [3.8, 4) is 0 Å². The molecule has 1 heterocycles. The third-order valence-electron chi connectivity index (χ3n) is 2.46. The molecule has 6 nitrogen and oxygen atoms in total. The van der Waals surface area contributed by atoms with Gasteiger partial charge in [0.25, 0.3) is 0 Å². The van der Waals surface area contributed by atoms with Gasteiger partial charge in [0.2, 0.25) is 0 Å². The first kappa shape index (κ1) is 10.8. The fraction of sp³-hybridized carbons (Fsp3) is 1.00. The average Bonchev–Trinajstić information content (AvgIpc) is 2.15. The van der Waals surface area contributed by atoms with Crippen molar-refractivity contribution in [3.05, 3.63) is 0 Å². The molecule has 0 aromatic carbocycles. The molecule has 1 aliphatic rings. The second-order valence-electron chi connectivity index (χ2n) is 3.32. The van der Waals surface area contributed by atoms with Crippen molar-refractivity contribution in [1.82, 2.24) is 5.32 Å². The molecular formula is C7H17N3O3. The minimum Gasteiger partial charge on any atom is -0.389 e. The van der Waals surface area contributed by atoms with Crippen molar-refractivity contribution < 1.29 is 15.3 Å². The minimum absolute atomic E-state index is 0.196. The summed E-state index contributed by atoms with van der Waals surface area (Å²) in [7, 11) is 0. The lowest BCUT2D eigenvalue weighted by atomic mass is 9.90. The number of nitrogens with two attached hydrogens (primary N) is 2. The smallest absolute Gasteiger partial charge is 0.109 e. The summed E-state index contributed by atoms with van der Waals surface area (Å²) in [5.41, 5.74) is 10.7. The standard InChI is InChI=1S/C7H17N3O3/c8-1-3-5(11)7(13)6(12)4(2-9)10-3/h3-7,10-13H,1-2,8-9H2/t3-,4-,5-,6+,7?/m1/s1. The highest BCUT2D eigenvalue weighted by molar-refractivity contribution is 4.98. The molecule has 8 N–H and O–H groups in total. The topological polar surface area (TPSA) is 125 Å². The first-order chi connectivity index (χ1) is 6.11. The highest BCUT2D eigenvalue weighted by atomic mass is 16.4. The highest BCUT2D eigenvalue weighted by Gasteiger charge is 2.40. The van der Waals surface area contributed by atoms with E-state index in [-0.39, 0.29) is 13.1 Å². The maximum atomic E-state index is 9.43. The highest BCUT2D eigenvalue weighted by Crippen LogP contribution is 2.14. The van der Waals surface area contributed by atoms with Crippen molar-refractivity contribution in [3.63, 3.8) is 0 Å². The Morgan fingerprint density at radius 2 is 1.23 bits per heavy atom. The molecule has 0 aromatic heterocycles. The summed E-state index contributed by atoms with van der Waals surface area (Å²) in [4.78, 5) is 0. The summed E-state index contributed by atoms with van der Waals surface area (Å²) in [6.45, 7) is 0.392. The zero-order valence-electron chi connectivity index (χ0n) is 7.30. The molecule has 0 aliphatic carbocycles. The molecule has 6 heteroatoms. The van der Waals surface area contributed by atoms with E-state index in [0.717, 1.165) is 0 Å². The van der Waals surface area contributed by atoms with Crippen molar-refractivity contribution in [1.29, 1.82) is 0 Å². The lowest BCUT2D eigenvalue weighted by Gasteiger charge is -2.40. The number of nitrogens with one attached hydrogen (secondary N) is 1. The Balaban J connectivity index is 2.66. The molecule has 1 aliphatic heterocycles. The van der Waals surface area contributed by atoms with Gasteiger partial charge in [-0.3, -0.25) is 0 Å². The van der Waals surface area contributed by atoms with Crippen LogP contribution in [0.25, 0.3) is 0 Å². The fourth-order valence-electron chi connectivity index (χ4n) is 1.57. The van der Waals surface area contributed by atoms with E-state index in [0.29, 0.717) is 0 Å². The van der Waals surface area contributed by atoms with Gasteiger partial charge in [0.05, 0.1) is 12.2 Å². The summed E-state index contributed by atoms with van der Waals surface area (Å²) >= 11 is 0. The Bertz CT molecular complexity index is 149. The molecule has 13 heavy (non-hydrogen) atoms. The molecule has 0 radical (unpaired) electrons. The van der Waals surface area contributed by atoms with Gasteiger partial charge in [-0.25, -0.2) is 0 Å². The second-order valence-corrected chi connectivity index (χ2v) is 3.32. The van der Waals surface area contributed by atoms with Crippen LogP contribution in [0.2, 0.25) is 0 Å². The van der Waals surface area contributed by atoms with Crippen LogP contribution in [-0.4, -0.2) is 58.8 Å². The van der Waals surface area contributed by atoms with E-state index in [1.54, 1.807) is 0 Å². The maximum Gasteiger partial charge on any atom is 0.109 e. The van der Waals surface area contributed by atoms with Gasteiger partial charge in [-0.05, 0) is 0 Å². The van der Waals surface area contributed by atoms with Gasteiger partial charge >= 0.3 is 0 Å². The van der Waals surface area contributed by atoms with Gasteiger partial charge in [-0.15, -0.1) is 0 Å². The molecule has 0 amide bonds. The predicted molar refractivity (Wildman–Crippen MR) is 46.8 cm³/mol. The Morgan fingerprint density at radius 1 is 0.846 bits per heavy atom. The Hall–Kier alpha value is -0.240. The molecule has 1 rings (SSSR count). The molecular weight excluding hydrogens is 174 g/mol. The van der Waals surface area contributed by atoms with E-state index in [2.05, 4.69) is 5.32 Å². The van der Waals surface area contributed by atoms with Crippen LogP contribution in [0.5, 0.6) is 0 Å². The quantitative estimate of drug-likeness (QED) is 0.267. The summed E-state index contributed by atoms with van der Waals surface area (Å²) in [5, 5.41) is 31.1. The summed E-state index contributed by atoms with van der Waals surface area (Å²) < 4.78 is 0. The average molecular weight is 191 g/mol. The van der Waals surface area contributed by atoms with Crippen LogP contribution >= 0.6 is 0 Å². The molecule has 1 fully saturated rings. The third-order valence-corrected chi connectivity index (χ3v) is 2.46. The van der Waals surface area contributed by atoms with E-state index in [1.807, 2.05) is 0 Å². The SMILES string of the molecule is NC[C@H]1N[C@H](CN)[C@@H](O)C(O)[C@H]1O. The number of hydrogen-bond donors (Lipinski definition) is 6. The van der Waals surface area contributed by atoms with Crippen molar-refractivity contribution in [2.24, 2.45) is 11.5 Å². The number of aliphatic hydroxyl groups excluding tert-OH is 3. The molecule has 1 unspecified atom stereocenters. The van der Waals surface area contributed by atoms with Gasteiger partial charge in [-0.1, -0.05) is 0 Å². The number of hydrogen-bond acceptors (Lipinski definition) is 6. The predicted octanol–water partition coefficient (Wildman–Crippen LogP) is -3.67. The Labute approximate surface area is 76.5 Å². The van der Waals surface area contributed by atoms with Gasteiger partial charge in [0.1, 0.15) is 6.10 Å². The molecule has 1 saturated heterocycles. The van der Waals surface area contributed by atoms with E-state index in [4.69, 9.17) is 11.5 Å². The molecule has 0 saturated carbocycles. The molecule has 0 spiro atoms. The van der Waals surface area contributed by atoms with Crippen molar-refractivity contribution in [2.75, 3.05) is 13.1 Å². The molecule has 0 bridgehead atoms. The second kappa shape index (κ2) is 4.32. The summed E-state index contributed by atoms with van der Waals surface area (Å²) in [6.07, 6.45) is -3.26. The number of aliphatic hydroxyl groups is 3. The van der Waals surface area contributed by atoms with Crippen LogP contribution in [0.3, 0.4) is 0 Å². The lowest BCUT2D eigenvalue weighted by molar-refractivity contribution is -0.110. The van der Waals surface area contributed by atoms with E-state index < -0.39 is 30.4 Å². The number of piperidine rings is 1. The zero-order chi connectivity index (χ0) is 10.0. The minimum atomic E-state index is -1.18. The first-order valence-electron chi connectivity index (χ1n) is 4.32. The van der Waals surface area contributed by atoms with Crippen LogP contribution in [0.1, 0.15) is 0 Å². The normalized spacial score (nSPS) is 46.4. The zero-order valence-corrected chi connectivity index (χ0v) is 7.30. The summed E-state index contributed by atoms with van der Waals surface area (Å²) in [5.74, 6) is 0. The van der Waals surface area contributed by atoms with Crippen molar-refractivity contribution >= 4 is 0 Å². The van der Waals surface area contributed by atoms with Crippen LogP contribution in [-0.2, 0) is 0 Å². The number of rotatable bonds is 2. The molecule has 5 atom stereocenters. The third kappa shape index (κ3) is 1.98. The largest absolute Gasteiger partial charge is 0.389 e. The van der Waals surface area contributed by atoms with E-state index >= 15 is 0 Å². The van der Waals surface area contributed by atoms with E-state index in [1.165, 1.54) is 0 Å². The van der Waals surface area contributed by atoms with Crippen LogP contribution in [0, 0.1) is 0 Å². The van der Waals surface area contributed by atoms with Gasteiger partial charge in [-0.2, -0.15) is 0 Å². The maximum absolute atomic E-state index is 9.43.